The lowest BCUT2D eigenvalue weighted by molar-refractivity contribution is 0.193. The summed E-state index contributed by atoms with van der Waals surface area (Å²) in [6, 6.07) is 28.3. The Hall–Kier alpha value is -3.52. The summed E-state index contributed by atoms with van der Waals surface area (Å²) < 4.78 is 0. The number of fused-ring (bicyclic) bond motifs is 6. The van der Waals surface area contributed by atoms with E-state index in [1.54, 1.807) is 6.07 Å². The summed E-state index contributed by atoms with van der Waals surface area (Å²) in [6.45, 7) is 4.61. The van der Waals surface area contributed by atoms with Gasteiger partial charge in [0.15, 0.2) is 0 Å². The lowest BCUT2D eigenvalue weighted by Gasteiger charge is -2.39. The maximum absolute atomic E-state index is 10.8. The first kappa shape index (κ1) is 26.1. The van der Waals surface area contributed by atoms with Gasteiger partial charge in [0, 0.05) is 10.8 Å². The Morgan fingerprint density at radius 1 is 0.658 bits per heavy atom. The van der Waals surface area contributed by atoms with Crippen LogP contribution in [0, 0.1) is 5.41 Å². The molecule has 0 saturated carbocycles. The molecule has 0 amide bonds. The second-order valence-electron chi connectivity index (χ2n) is 11.1. The van der Waals surface area contributed by atoms with Crippen molar-refractivity contribution in [3.05, 3.63) is 96.1 Å². The van der Waals surface area contributed by atoms with E-state index < -0.39 is 0 Å². The Morgan fingerprint density at radius 3 is 2.03 bits per heavy atom. The molecule has 2 heteroatoms. The molecule has 5 aromatic carbocycles. The van der Waals surface area contributed by atoms with Gasteiger partial charge in [0.1, 0.15) is 11.5 Å². The first-order valence-electron chi connectivity index (χ1n) is 14.4. The highest BCUT2D eigenvalue weighted by atomic mass is 16.3. The fourth-order valence-corrected chi connectivity index (χ4v) is 6.49. The number of phenols is 2. The molecule has 2 nitrogen and oxygen atoms in total. The van der Waals surface area contributed by atoms with Crippen LogP contribution in [0.1, 0.15) is 69.9 Å². The van der Waals surface area contributed by atoms with Crippen molar-refractivity contribution in [2.45, 2.75) is 71.6 Å². The van der Waals surface area contributed by atoms with Crippen LogP contribution in [0.5, 0.6) is 11.5 Å². The third kappa shape index (κ3) is 5.23. The number of phenolic OH excluding ortho intramolecular Hbond substituents is 2. The zero-order valence-corrected chi connectivity index (χ0v) is 22.8. The van der Waals surface area contributed by atoms with Crippen molar-refractivity contribution in [3.63, 3.8) is 0 Å². The third-order valence-corrected chi connectivity index (χ3v) is 8.57. The molecule has 0 atom stereocenters. The molecule has 2 N–H and O–H groups in total. The molecule has 0 radical (unpaired) electrons. The number of benzene rings is 5. The largest absolute Gasteiger partial charge is 0.507 e. The molecule has 38 heavy (non-hydrogen) atoms. The minimum Gasteiger partial charge on any atom is -0.507 e. The third-order valence-electron chi connectivity index (χ3n) is 8.57. The second-order valence-corrected chi connectivity index (χ2v) is 11.1. The average Bonchev–Trinajstić information content (AvgIpc) is 2.95. The number of hydrogen-bond donors (Lipinski definition) is 2. The van der Waals surface area contributed by atoms with Gasteiger partial charge in [0.2, 0.25) is 0 Å². The fraction of sp³-hybridized carbons (Fsp3) is 0.333. The van der Waals surface area contributed by atoms with Crippen molar-refractivity contribution >= 4 is 32.3 Å². The van der Waals surface area contributed by atoms with Crippen molar-refractivity contribution in [2.24, 2.45) is 5.41 Å². The van der Waals surface area contributed by atoms with E-state index in [0.29, 0.717) is 16.9 Å². The van der Waals surface area contributed by atoms with Crippen molar-refractivity contribution < 1.29 is 10.2 Å². The van der Waals surface area contributed by atoms with Crippen LogP contribution in [-0.4, -0.2) is 10.2 Å². The molecule has 1 aliphatic carbocycles. The fourth-order valence-electron chi connectivity index (χ4n) is 6.49. The predicted octanol–water partition coefficient (Wildman–Crippen LogP) is 10.1. The van der Waals surface area contributed by atoms with Gasteiger partial charge in [-0.15, -0.1) is 0 Å². The summed E-state index contributed by atoms with van der Waals surface area (Å²) in [5, 5.41) is 26.9. The van der Waals surface area contributed by atoms with Crippen molar-refractivity contribution in [3.8, 4) is 11.5 Å². The van der Waals surface area contributed by atoms with Crippen LogP contribution in [-0.2, 0) is 12.8 Å². The highest BCUT2D eigenvalue weighted by Crippen LogP contribution is 2.47. The summed E-state index contributed by atoms with van der Waals surface area (Å²) in [6.07, 6.45) is 11.5. The molecule has 0 unspecified atom stereocenters. The van der Waals surface area contributed by atoms with Crippen LogP contribution in [0.2, 0.25) is 0 Å². The van der Waals surface area contributed by atoms with Crippen LogP contribution < -0.4 is 0 Å². The Bertz CT molecular complexity index is 1530. The SMILES string of the molecule is CCCCC1(CCCC)CCc2c(ccc3c2c(O)cc2ccccc23)C1.Oc1cccc2ccccc12. The second kappa shape index (κ2) is 11.5. The van der Waals surface area contributed by atoms with Gasteiger partial charge in [-0.05, 0) is 82.3 Å². The summed E-state index contributed by atoms with van der Waals surface area (Å²) in [5.41, 5.74) is 3.35. The molecule has 5 aromatic rings. The zero-order chi connectivity index (χ0) is 26.5. The van der Waals surface area contributed by atoms with Crippen LogP contribution in [0.4, 0.5) is 0 Å². The van der Waals surface area contributed by atoms with Crippen molar-refractivity contribution in [2.75, 3.05) is 0 Å². The molecule has 0 bridgehead atoms. The quantitative estimate of drug-likeness (QED) is 0.226. The van der Waals surface area contributed by atoms with Gasteiger partial charge < -0.3 is 10.2 Å². The van der Waals surface area contributed by atoms with Gasteiger partial charge >= 0.3 is 0 Å². The summed E-state index contributed by atoms with van der Waals surface area (Å²) in [5.74, 6) is 0.804. The van der Waals surface area contributed by atoms with E-state index in [2.05, 4.69) is 44.2 Å². The lowest BCUT2D eigenvalue weighted by atomic mass is 9.65. The van der Waals surface area contributed by atoms with E-state index in [1.807, 2.05) is 48.5 Å². The minimum atomic E-state index is 0.350. The summed E-state index contributed by atoms with van der Waals surface area (Å²) in [7, 11) is 0. The molecule has 0 heterocycles. The van der Waals surface area contributed by atoms with Gasteiger partial charge in [-0.1, -0.05) is 112 Å². The normalized spacial score (nSPS) is 14.3. The summed E-state index contributed by atoms with van der Waals surface area (Å²) in [4.78, 5) is 0. The standard InChI is InChI=1S/C26H32O.C10H8O/c1-3-5-14-26(15-6-4-2)16-13-22-20(18-26)11-12-23-21-10-8-7-9-19(21)17-24(27)25(22)23;11-10-7-3-5-8-4-1-2-6-9(8)10/h7-12,17,27H,3-6,13-16,18H2,1-2H3;1-7,11H. The monoisotopic (exact) mass is 504 g/mol. The molecule has 6 rings (SSSR count). The first-order valence-corrected chi connectivity index (χ1v) is 14.4. The molecule has 1 aliphatic rings. The lowest BCUT2D eigenvalue weighted by Crippen LogP contribution is -2.29. The van der Waals surface area contributed by atoms with Crippen LogP contribution >= 0.6 is 0 Å². The number of aryl methyl sites for hydroxylation is 1. The van der Waals surface area contributed by atoms with Gasteiger partial charge in [0.25, 0.3) is 0 Å². The van der Waals surface area contributed by atoms with Crippen LogP contribution in [0.25, 0.3) is 32.3 Å². The number of aromatic hydroxyl groups is 2. The Balaban J connectivity index is 0.000000222. The topological polar surface area (TPSA) is 40.5 Å². The van der Waals surface area contributed by atoms with E-state index in [-0.39, 0.29) is 0 Å². The van der Waals surface area contributed by atoms with Gasteiger partial charge in [0.05, 0.1) is 0 Å². The average molecular weight is 505 g/mol. The molecular formula is C36H40O2. The van der Waals surface area contributed by atoms with Crippen molar-refractivity contribution in [1.29, 1.82) is 0 Å². The zero-order valence-electron chi connectivity index (χ0n) is 22.8. The highest BCUT2D eigenvalue weighted by Gasteiger charge is 2.34. The molecular weight excluding hydrogens is 464 g/mol. The van der Waals surface area contributed by atoms with E-state index in [9.17, 15) is 10.2 Å². The number of unbranched alkanes of at least 4 members (excludes halogenated alkanes) is 2. The van der Waals surface area contributed by atoms with E-state index >= 15 is 0 Å². The van der Waals surface area contributed by atoms with Gasteiger partial charge in [-0.25, -0.2) is 0 Å². The van der Waals surface area contributed by atoms with Gasteiger partial charge in [-0.3, -0.25) is 0 Å². The minimum absolute atomic E-state index is 0.350. The Labute approximate surface area is 227 Å². The van der Waals surface area contributed by atoms with Crippen molar-refractivity contribution in [1.82, 2.24) is 0 Å². The number of rotatable bonds is 6. The molecule has 0 aromatic heterocycles. The highest BCUT2D eigenvalue weighted by molar-refractivity contribution is 6.11. The predicted molar refractivity (Wildman–Crippen MR) is 162 cm³/mol. The maximum atomic E-state index is 10.8. The van der Waals surface area contributed by atoms with Crippen LogP contribution in [0.15, 0.2) is 84.9 Å². The smallest absolute Gasteiger partial charge is 0.124 e. The molecule has 0 fully saturated rings. The molecule has 0 spiro atoms. The Kier molecular flexibility index (Phi) is 7.88. The van der Waals surface area contributed by atoms with Gasteiger partial charge in [-0.2, -0.15) is 0 Å². The summed E-state index contributed by atoms with van der Waals surface area (Å²) >= 11 is 0. The van der Waals surface area contributed by atoms with Crippen LogP contribution in [0.3, 0.4) is 0 Å². The van der Waals surface area contributed by atoms with E-state index in [1.165, 1.54) is 73.3 Å². The first-order chi connectivity index (χ1) is 18.5. The number of hydrogen-bond acceptors (Lipinski definition) is 2. The maximum Gasteiger partial charge on any atom is 0.124 e. The van der Waals surface area contributed by atoms with E-state index in [0.717, 1.165) is 28.0 Å². The molecule has 196 valence electrons. The molecule has 0 saturated heterocycles. The Morgan fingerprint density at radius 2 is 1.32 bits per heavy atom. The molecule has 0 aliphatic heterocycles. The van der Waals surface area contributed by atoms with E-state index in [4.69, 9.17) is 0 Å².